The van der Waals surface area contributed by atoms with Crippen molar-refractivity contribution in [2.75, 3.05) is 19.7 Å². The van der Waals surface area contributed by atoms with E-state index in [0.717, 1.165) is 31.6 Å². The van der Waals surface area contributed by atoms with E-state index < -0.39 is 0 Å². The lowest BCUT2D eigenvalue weighted by atomic mass is 9.87. The Morgan fingerprint density at radius 2 is 1.96 bits per heavy atom. The van der Waals surface area contributed by atoms with E-state index in [2.05, 4.69) is 32.9 Å². The van der Waals surface area contributed by atoms with Gasteiger partial charge in [0.15, 0.2) is 0 Å². The first kappa shape index (κ1) is 20.8. The first-order valence-corrected chi connectivity index (χ1v) is 8.64. The zero-order valence-electron chi connectivity index (χ0n) is 15.1. The number of rotatable bonds is 6. The minimum atomic E-state index is 0. The number of benzene rings is 1. The Kier molecular flexibility index (Phi) is 8.04. The Hall–Kier alpha value is -1.26. The number of nitrogens with zero attached hydrogens (tertiary/aromatic N) is 1. The van der Waals surface area contributed by atoms with Gasteiger partial charge in [0, 0.05) is 25.6 Å². The van der Waals surface area contributed by atoms with Gasteiger partial charge in [-0.25, -0.2) is 0 Å². The summed E-state index contributed by atoms with van der Waals surface area (Å²) in [6, 6.07) is 8.47. The maximum Gasteiger partial charge on any atom is 0.222 e. The molecule has 0 saturated carbocycles. The second-order valence-corrected chi connectivity index (χ2v) is 7.35. The molecule has 24 heavy (non-hydrogen) atoms. The molecule has 0 aromatic heterocycles. The van der Waals surface area contributed by atoms with Crippen LogP contribution in [0.1, 0.15) is 52.0 Å². The van der Waals surface area contributed by atoms with Crippen LogP contribution in [0.4, 0.5) is 0 Å². The molecule has 1 aromatic rings. The molecule has 1 atom stereocenters. The standard InChI is InChI=1S/C19H30N2O2.ClH/c1-19(2,3)15-8-10-17(11-9-15)23-13-5-7-18(22)21-12-4-6-16(21)14-20;/h8-11,16H,4-7,12-14,20H2,1-3H3;1H. The lowest BCUT2D eigenvalue weighted by Crippen LogP contribution is -2.39. The first-order chi connectivity index (χ1) is 10.9. The highest BCUT2D eigenvalue weighted by atomic mass is 35.5. The summed E-state index contributed by atoms with van der Waals surface area (Å²) in [6.45, 7) is 8.59. The number of hydrogen-bond donors (Lipinski definition) is 1. The normalized spacial score (nSPS) is 17.5. The van der Waals surface area contributed by atoms with Crippen LogP contribution in [0, 0.1) is 0 Å². The van der Waals surface area contributed by atoms with Crippen molar-refractivity contribution in [2.24, 2.45) is 5.73 Å². The van der Waals surface area contributed by atoms with Gasteiger partial charge in [0.1, 0.15) is 5.75 Å². The van der Waals surface area contributed by atoms with Crippen molar-refractivity contribution in [1.82, 2.24) is 4.90 Å². The highest BCUT2D eigenvalue weighted by molar-refractivity contribution is 5.85. The number of ether oxygens (including phenoxy) is 1. The molecule has 2 N–H and O–H groups in total. The van der Waals surface area contributed by atoms with Gasteiger partial charge in [0.25, 0.3) is 0 Å². The first-order valence-electron chi connectivity index (χ1n) is 8.64. The number of carbonyl (C=O) groups excluding carboxylic acids is 1. The van der Waals surface area contributed by atoms with E-state index in [9.17, 15) is 4.79 Å². The molecule has 1 unspecified atom stereocenters. The fourth-order valence-corrected chi connectivity index (χ4v) is 3.02. The van der Waals surface area contributed by atoms with E-state index >= 15 is 0 Å². The third-order valence-corrected chi connectivity index (χ3v) is 4.49. The van der Waals surface area contributed by atoms with E-state index in [0.29, 0.717) is 19.6 Å². The molecular formula is C19H31ClN2O2. The summed E-state index contributed by atoms with van der Waals surface area (Å²) in [5, 5.41) is 0. The third kappa shape index (κ3) is 5.67. The van der Waals surface area contributed by atoms with E-state index in [1.54, 1.807) is 0 Å². The molecule has 0 bridgehead atoms. The monoisotopic (exact) mass is 354 g/mol. The van der Waals surface area contributed by atoms with Gasteiger partial charge in [-0.05, 0) is 42.4 Å². The molecule has 4 nitrogen and oxygen atoms in total. The van der Waals surface area contributed by atoms with Crippen LogP contribution in [0.25, 0.3) is 0 Å². The van der Waals surface area contributed by atoms with Crippen LogP contribution in [0.3, 0.4) is 0 Å². The van der Waals surface area contributed by atoms with Gasteiger partial charge < -0.3 is 15.4 Å². The van der Waals surface area contributed by atoms with E-state index in [4.69, 9.17) is 10.5 Å². The van der Waals surface area contributed by atoms with Crippen LogP contribution < -0.4 is 10.5 Å². The van der Waals surface area contributed by atoms with Crippen molar-refractivity contribution in [3.63, 3.8) is 0 Å². The lowest BCUT2D eigenvalue weighted by molar-refractivity contribution is -0.132. The number of amides is 1. The van der Waals surface area contributed by atoms with Crippen molar-refractivity contribution in [1.29, 1.82) is 0 Å². The number of hydrogen-bond acceptors (Lipinski definition) is 3. The molecule has 1 amide bonds. The van der Waals surface area contributed by atoms with Gasteiger partial charge in [-0.15, -0.1) is 12.4 Å². The highest BCUT2D eigenvalue weighted by Gasteiger charge is 2.26. The van der Waals surface area contributed by atoms with Crippen LogP contribution in [-0.2, 0) is 10.2 Å². The van der Waals surface area contributed by atoms with Crippen molar-refractivity contribution in [3.05, 3.63) is 29.8 Å². The molecule has 1 heterocycles. The van der Waals surface area contributed by atoms with Gasteiger partial charge in [0.05, 0.1) is 6.61 Å². The van der Waals surface area contributed by atoms with Crippen molar-refractivity contribution in [3.8, 4) is 5.75 Å². The Bertz CT molecular complexity index is 511. The Morgan fingerprint density at radius 1 is 1.29 bits per heavy atom. The molecule has 136 valence electrons. The molecule has 1 aliphatic heterocycles. The van der Waals surface area contributed by atoms with E-state index in [1.165, 1.54) is 5.56 Å². The molecule has 1 saturated heterocycles. The highest BCUT2D eigenvalue weighted by Crippen LogP contribution is 2.24. The van der Waals surface area contributed by atoms with Gasteiger partial charge in [-0.2, -0.15) is 0 Å². The Morgan fingerprint density at radius 3 is 2.54 bits per heavy atom. The quantitative estimate of drug-likeness (QED) is 0.795. The summed E-state index contributed by atoms with van der Waals surface area (Å²) in [4.78, 5) is 14.1. The number of carbonyl (C=O) groups is 1. The smallest absolute Gasteiger partial charge is 0.222 e. The number of halogens is 1. The van der Waals surface area contributed by atoms with Gasteiger partial charge in [0.2, 0.25) is 5.91 Å². The maximum atomic E-state index is 12.2. The largest absolute Gasteiger partial charge is 0.494 e. The average Bonchev–Trinajstić information content (AvgIpc) is 2.99. The minimum absolute atomic E-state index is 0. The van der Waals surface area contributed by atoms with E-state index in [1.807, 2.05) is 17.0 Å². The molecule has 2 rings (SSSR count). The van der Waals surface area contributed by atoms with Crippen LogP contribution >= 0.6 is 12.4 Å². The molecule has 1 aliphatic rings. The average molecular weight is 355 g/mol. The summed E-state index contributed by atoms with van der Waals surface area (Å²) in [5.74, 6) is 1.08. The predicted octanol–water partition coefficient (Wildman–Crippen LogP) is 3.51. The molecule has 5 heteroatoms. The maximum absolute atomic E-state index is 12.2. The summed E-state index contributed by atoms with van der Waals surface area (Å²) in [5.41, 5.74) is 7.16. The molecule has 0 spiro atoms. The predicted molar refractivity (Wildman–Crippen MR) is 101 cm³/mol. The second-order valence-electron chi connectivity index (χ2n) is 7.35. The fraction of sp³-hybridized carbons (Fsp3) is 0.632. The van der Waals surface area contributed by atoms with Gasteiger partial charge in [-0.3, -0.25) is 4.79 Å². The SMILES string of the molecule is CC(C)(C)c1ccc(OCCCC(=O)N2CCCC2CN)cc1.Cl. The Labute approximate surface area is 152 Å². The number of likely N-dealkylation sites (tertiary alicyclic amines) is 1. The summed E-state index contributed by atoms with van der Waals surface area (Å²) < 4.78 is 5.74. The molecule has 0 radical (unpaired) electrons. The minimum Gasteiger partial charge on any atom is -0.494 e. The summed E-state index contributed by atoms with van der Waals surface area (Å²) in [7, 11) is 0. The van der Waals surface area contributed by atoms with Crippen LogP contribution in [0.5, 0.6) is 5.75 Å². The third-order valence-electron chi connectivity index (χ3n) is 4.49. The van der Waals surface area contributed by atoms with E-state index in [-0.39, 0.29) is 29.8 Å². The zero-order valence-corrected chi connectivity index (χ0v) is 15.9. The molecule has 1 aromatic carbocycles. The Balaban J connectivity index is 0.00000288. The van der Waals surface area contributed by atoms with Gasteiger partial charge in [-0.1, -0.05) is 32.9 Å². The van der Waals surface area contributed by atoms with Crippen molar-refractivity contribution < 1.29 is 9.53 Å². The zero-order chi connectivity index (χ0) is 16.9. The summed E-state index contributed by atoms with van der Waals surface area (Å²) in [6.07, 6.45) is 3.40. The van der Waals surface area contributed by atoms with Crippen molar-refractivity contribution in [2.45, 2.75) is 57.9 Å². The van der Waals surface area contributed by atoms with Gasteiger partial charge >= 0.3 is 0 Å². The van der Waals surface area contributed by atoms with Crippen LogP contribution in [0.15, 0.2) is 24.3 Å². The molecule has 1 fully saturated rings. The fourth-order valence-electron chi connectivity index (χ4n) is 3.02. The topological polar surface area (TPSA) is 55.6 Å². The molecule has 0 aliphatic carbocycles. The second kappa shape index (κ2) is 9.28. The lowest BCUT2D eigenvalue weighted by Gasteiger charge is -2.23. The van der Waals surface area contributed by atoms with Crippen LogP contribution in [0.2, 0.25) is 0 Å². The number of nitrogens with two attached hydrogens (primary N) is 1. The molecular weight excluding hydrogens is 324 g/mol. The van der Waals surface area contributed by atoms with Crippen LogP contribution in [-0.4, -0.2) is 36.5 Å². The summed E-state index contributed by atoms with van der Waals surface area (Å²) >= 11 is 0. The van der Waals surface area contributed by atoms with Crippen molar-refractivity contribution >= 4 is 18.3 Å².